The zero-order valence-electron chi connectivity index (χ0n) is 23.6. The van der Waals surface area contributed by atoms with E-state index in [4.69, 9.17) is 4.74 Å². The Morgan fingerprint density at radius 1 is 1.20 bits per heavy atom. The zero-order valence-corrected chi connectivity index (χ0v) is 24.5. The molecule has 3 aromatic rings. The predicted molar refractivity (Wildman–Crippen MR) is 144 cm³/mol. The molecule has 1 aliphatic heterocycles. The summed E-state index contributed by atoms with van der Waals surface area (Å²) < 4.78 is 89.6. The first-order valence-electron chi connectivity index (χ1n) is 13.6. The van der Waals surface area contributed by atoms with E-state index in [1.54, 1.807) is 18.2 Å². The number of alkyl halides is 6. The van der Waals surface area contributed by atoms with Gasteiger partial charge in [-0.05, 0) is 62.4 Å². The summed E-state index contributed by atoms with van der Waals surface area (Å²) in [7, 11) is 0. The molecule has 18 heteroatoms. The summed E-state index contributed by atoms with van der Waals surface area (Å²) in [5, 5.41) is 11.0. The second kappa shape index (κ2) is 11.4. The number of carbonyl (C=O) groups excluding carboxylic acids is 2. The van der Waals surface area contributed by atoms with Gasteiger partial charge in [-0.15, -0.1) is 0 Å². The van der Waals surface area contributed by atoms with E-state index in [0.717, 1.165) is 26.7 Å². The Labute approximate surface area is 251 Å². The summed E-state index contributed by atoms with van der Waals surface area (Å²) in [5.41, 5.74) is -1.17. The molecule has 1 saturated carbocycles. The minimum atomic E-state index is -4.71. The number of urea groups is 1. The molecule has 0 spiro atoms. The summed E-state index contributed by atoms with van der Waals surface area (Å²) >= 11 is 4.37. The Hall–Kier alpha value is -3.54. The first-order chi connectivity index (χ1) is 20.4. The Morgan fingerprint density at radius 2 is 1.91 bits per heavy atom. The van der Waals surface area contributed by atoms with E-state index in [2.05, 4.69) is 48.2 Å². The number of carbonyl (C=O) groups is 2. The molecule has 1 unspecified atom stereocenters. The van der Waals surface area contributed by atoms with E-state index in [0.29, 0.717) is 16.6 Å². The van der Waals surface area contributed by atoms with E-state index >= 15 is 0 Å². The number of halogens is 6. The number of hydrogen-bond acceptors (Lipinski definition) is 8. The molecule has 2 aliphatic rings. The third kappa shape index (κ3) is 6.60. The first-order valence-corrected chi connectivity index (χ1v) is 14.1. The summed E-state index contributed by atoms with van der Waals surface area (Å²) in [4.78, 5) is 34.5. The number of H-pyrrole nitrogens is 1. The maximum atomic E-state index is 13.5. The SMILES string of the molecule is Cc1nonc1C(=O)N[C@@H](COC(C)(C)C(F)(F)F)c1nc2ccc([C@@H](C3CC3)N3C(=O)N[C@@H](CC(F)(F)F)C3S)cc2[nH]1. The summed E-state index contributed by atoms with van der Waals surface area (Å²) in [6, 6.07) is 1.28. The molecule has 2 aromatic heterocycles. The molecule has 3 N–H and O–H groups in total. The maximum Gasteiger partial charge on any atom is 0.416 e. The predicted octanol–water partition coefficient (Wildman–Crippen LogP) is 5.14. The minimum absolute atomic E-state index is 0.00998. The second-order valence-corrected chi connectivity index (χ2v) is 11.9. The largest absolute Gasteiger partial charge is 0.416 e. The van der Waals surface area contributed by atoms with Crippen molar-refractivity contribution in [2.45, 2.75) is 81.5 Å². The van der Waals surface area contributed by atoms with Gasteiger partial charge in [-0.1, -0.05) is 11.2 Å². The quantitative estimate of drug-likeness (QED) is 0.176. The Morgan fingerprint density at radius 3 is 2.50 bits per heavy atom. The number of hydrogen-bond donors (Lipinski definition) is 4. The van der Waals surface area contributed by atoms with Crippen molar-refractivity contribution >= 4 is 35.6 Å². The zero-order chi connectivity index (χ0) is 32.2. The topological polar surface area (TPSA) is 138 Å². The van der Waals surface area contributed by atoms with Gasteiger partial charge in [-0.3, -0.25) is 4.79 Å². The number of amides is 3. The number of rotatable bonds is 10. The number of benzene rings is 1. The van der Waals surface area contributed by atoms with E-state index < -0.39 is 66.4 Å². The lowest BCUT2D eigenvalue weighted by Gasteiger charge is -2.31. The summed E-state index contributed by atoms with van der Waals surface area (Å²) in [6.45, 7) is 2.53. The third-order valence-corrected chi connectivity index (χ3v) is 8.28. The van der Waals surface area contributed by atoms with E-state index in [9.17, 15) is 35.9 Å². The number of thiol groups is 1. The maximum absolute atomic E-state index is 13.5. The van der Waals surface area contributed by atoms with Crippen molar-refractivity contribution in [3.8, 4) is 0 Å². The normalized spacial score (nSPS) is 21.0. The van der Waals surface area contributed by atoms with Crippen LogP contribution in [0.4, 0.5) is 31.1 Å². The second-order valence-electron chi connectivity index (χ2n) is 11.4. The van der Waals surface area contributed by atoms with Crippen molar-refractivity contribution in [1.29, 1.82) is 0 Å². The monoisotopic (exact) mass is 649 g/mol. The van der Waals surface area contributed by atoms with E-state index in [1.807, 2.05) is 0 Å². The molecule has 0 radical (unpaired) electrons. The van der Waals surface area contributed by atoms with Gasteiger partial charge >= 0.3 is 18.4 Å². The Balaban J connectivity index is 1.44. The lowest BCUT2D eigenvalue weighted by Crippen LogP contribution is -2.44. The molecule has 4 atom stereocenters. The number of aromatic nitrogens is 4. The van der Waals surface area contributed by atoms with Crippen LogP contribution >= 0.6 is 12.6 Å². The van der Waals surface area contributed by atoms with Crippen LogP contribution in [-0.4, -0.2) is 73.1 Å². The highest BCUT2D eigenvalue weighted by atomic mass is 32.1. The third-order valence-electron chi connectivity index (χ3n) is 7.67. The van der Waals surface area contributed by atoms with Gasteiger partial charge in [0.15, 0.2) is 11.3 Å². The molecule has 2 fully saturated rings. The fraction of sp³-hybridized carbons (Fsp3) is 0.577. The standard InChI is InChI=1S/C26H29F6N7O4S/c1-11-18(38-43-37-11)21(40)35-17(10-42-24(2,3)26(30,31)32)20-33-14-7-6-13(8-15(14)34-20)19(12-4-5-12)39-22(44)16(36-23(39)41)9-25(27,28)29/h6-8,12,16-17,19,22,44H,4-5,9-10H2,1-3H3,(H,33,34)(H,35,40)(H,36,41)/t16-,17-,19+,22?/m0/s1. The molecule has 0 bridgehead atoms. The van der Waals surface area contributed by atoms with Gasteiger partial charge in [0.2, 0.25) is 0 Å². The number of aryl methyl sites for hydroxylation is 1. The van der Waals surface area contributed by atoms with Crippen LogP contribution in [0.2, 0.25) is 0 Å². The van der Waals surface area contributed by atoms with Crippen LogP contribution in [0.3, 0.4) is 0 Å². The van der Waals surface area contributed by atoms with Gasteiger partial charge in [-0.25, -0.2) is 14.4 Å². The average molecular weight is 650 g/mol. The molecule has 44 heavy (non-hydrogen) atoms. The molecule has 3 heterocycles. The van der Waals surface area contributed by atoms with Crippen LogP contribution < -0.4 is 10.6 Å². The van der Waals surface area contributed by atoms with Gasteiger partial charge in [0.05, 0.1) is 41.5 Å². The van der Waals surface area contributed by atoms with Gasteiger partial charge < -0.3 is 25.3 Å². The highest BCUT2D eigenvalue weighted by Crippen LogP contribution is 2.48. The van der Waals surface area contributed by atoms with E-state index in [1.165, 1.54) is 11.8 Å². The summed E-state index contributed by atoms with van der Waals surface area (Å²) in [5.74, 6) is -0.730. The number of nitrogens with one attached hydrogen (secondary N) is 3. The van der Waals surface area contributed by atoms with Crippen molar-refractivity contribution in [2.75, 3.05) is 6.61 Å². The van der Waals surface area contributed by atoms with Crippen LogP contribution in [-0.2, 0) is 4.74 Å². The molecular formula is C26H29F6N7O4S. The highest BCUT2D eigenvalue weighted by Gasteiger charge is 2.50. The van der Waals surface area contributed by atoms with Crippen molar-refractivity contribution in [2.24, 2.45) is 5.92 Å². The number of fused-ring (bicyclic) bond motifs is 1. The molecule has 5 rings (SSSR count). The fourth-order valence-electron chi connectivity index (χ4n) is 5.01. The highest BCUT2D eigenvalue weighted by molar-refractivity contribution is 7.81. The van der Waals surface area contributed by atoms with Crippen molar-refractivity contribution in [3.63, 3.8) is 0 Å². The molecule has 3 amide bonds. The molecule has 11 nitrogen and oxygen atoms in total. The van der Waals surface area contributed by atoms with Gasteiger partial charge in [0, 0.05) is 0 Å². The summed E-state index contributed by atoms with van der Waals surface area (Å²) in [6.07, 6.45) is -8.93. The van der Waals surface area contributed by atoms with Crippen LogP contribution in [0.5, 0.6) is 0 Å². The number of ether oxygens (including phenoxy) is 1. The van der Waals surface area contributed by atoms with Gasteiger partial charge in [-0.2, -0.15) is 39.0 Å². The van der Waals surface area contributed by atoms with Crippen LogP contribution in [0, 0.1) is 12.8 Å². The smallest absolute Gasteiger partial charge is 0.364 e. The van der Waals surface area contributed by atoms with Gasteiger partial charge in [0.1, 0.15) is 17.6 Å². The van der Waals surface area contributed by atoms with Crippen molar-refractivity contribution < 1.29 is 45.3 Å². The first kappa shape index (κ1) is 31.9. The molecule has 240 valence electrons. The average Bonchev–Trinajstić information content (AvgIpc) is 3.40. The lowest BCUT2D eigenvalue weighted by molar-refractivity contribution is -0.265. The molecular weight excluding hydrogens is 620 g/mol. The Kier molecular flexibility index (Phi) is 8.28. The minimum Gasteiger partial charge on any atom is -0.364 e. The van der Waals surface area contributed by atoms with Crippen LogP contribution in [0.1, 0.15) is 72.8 Å². The Bertz CT molecular complexity index is 1540. The van der Waals surface area contributed by atoms with Crippen molar-refractivity contribution in [3.05, 3.63) is 41.0 Å². The molecule has 1 aliphatic carbocycles. The molecule has 1 aromatic carbocycles. The van der Waals surface area contributed by atoms with Crippen molar-refractivity contribution in [1.82, 2.24) is 35.8 Å². The lowest BCUT2D eigenvalue weighted by atomic mass is 10.00. The van der Waals surface area contributed by atoms with Gasteiger partial charge in [0.25, 0.3) is 5.91 Å². The van der Waals surface area contributed by atoms with Crippen LogP contribution in [0.25, 0.3) is 11.0 Å². The number of aromatic amines is 1. The fourth-order valence-corrected chi connectivity index (χ4v) is 5.44. The number of imidazole rings is 1. The van der Waals surface area contributed by atoms with Crippen LogP contribution in [0.15, 0.2) is 22.8 Å². The van der Waals surface area contributed by atoms with E-state index in [-0.39, 0.29) is 23.1 Å². The number of nitrogens with zero attached hydrogens (tertiary/aromatic N) is 4. The molecule has 1 saturated heterocycles.